The highest BCUT2D eigenvalue weighted by molar-refractivity contribution is 5.44. The van der Waals surface area contributed by atoms with Crippen molar-refractivity contribution in [3.05, 3.63) is 35.9 Å². The van der Waals surface area contributed by atoms with Crippen LogP contribution in [0.5, 0.6) is 11.6 Å². The van der Waals surface area contributed by atoms with Crippen LogP contribution >= 0.6 is 0 Å². The molecule has 0 aliphatic heterocycles. The summed E-state index contributed by atoms with van der Waals surface area (Å²) in [7, 11) is 0. The Morgan fingerprint density at radius 3 is 2.79 bits per heavy atom. The van der Waals surface area contributed by atoms with Gasteiger partial charge in [0, 0.05) is 18.7 Å². The lowest BCUT2D eigenvalue weighted by molar-refractivity contribution is 0.422. The van der Waals surface area contributed by atoms with E-state index in [2.05, 4.69) is 15.3 Å². The first-order chi connectivity index (χ1) is 9.08. The van der Waals surface area contributed by atoms with Gasteiger partial charge in [0.1, 0.15) is 11.6 Å². The number of rotatable bonds is 4. The molecule has 1 heterocycles. The lowest BCUT2D eigenvalue weighted by atomic mass is 10.3. The quantitative estimate of drug-likeness (QED) is 0.889. The van der Waals surface area contributed by atoms with Crippen LogP contribution in [-0.4, -0.2) is 16.5 Å². The first-order valence-corrected chi connectivity index (χ1v) is 5.60. The summed E-state index contributed by atoms with van der Waals surface area (Å²) >= 11 is 0. The molecule has 0 saturated heterocycles. The zero-order valence-electron chi connectivity index (χ0n) is 10.2. The van der Waals surface area contributed by atoms with Crippen LogP contribution in [0, 0.1) is 11.6 Å². The van der Waals surface area contributed by atoms with Crippen molar-refractivity contribution in [2.24, 2.45) is 0 Å². The SMILES string of the molecule is CCNc1cc(Oc2cc(F)ccc2F)nc(N)n1. The lowest BCUT2D eigenvalue weighted by Crippen LogP contribution is -2.04. The van der Waals surface area contributed by atoms with Crippen LogP contribution in [0.4, 0.5) is 20.5 Å². The molecular formula is C12H12F2N4O. The number of aromatic nitrogens is 2. The summed E-state index contributed by atoms with van der Waals surface area (Å²) in [6, 6.07) is 4.35. The van der Waals surface area contributed by atoms with Crippen molar-refractivity contribution >= 4 is 11.8 Å². The van der Waals surface area contributed by atoms with Gasteiger partial charge in [-0.3, -0.25) is 0 Å². The first-order valence-electron chi connectivity index (χ1n) is 5.60. The van der Waals surface area contributed by atoms with Crippen LogP contribution in [0.15, 0.2) is 24.3 Å². The van der Waals surface area contributed by atoms with Gasteiger partial charge in [-0.05, 0) is 19.1 Å². The number of nitrogens with two attached hydrogens (primary N) is 1. The molecular weight excluding hydrogens is 254 g/mol. The van der Waals surface area contributed by atoms with E-state index in [1.165, 1.54) is 6.07 Å². The molecule has 19 heavy (non-hydrogen) atoms. The predicted molar refractivity (Wildman–Crippen MR) is 67.0 cm³/mol. The molecule has 0 amide bonds. The van der Waals surface area contributed by atoms with Gasteiger partial charge in [0.25, 0.3) is 0 Å². The third kappa shape index (κ3) is 3.27. The van der Waals surface area contributed by atoms with Gasteiger partial charge in [0.15, 0.2) is 11.6 Å². The smallest absolute Gasteiger partial charge is 0.226 e. The van der Waals surface area contributed by atoms with Crippen molar-refractivity contribution in [1.29, 1.82) is 0 Å². The maximum absolute atomic E-state index is 13.4. The third-order valence-electron chi connectivity index (χ3n) is 2.19. The van der Waals surface area contributed by atoms with Crippen LogP contribution < -0.4 is 15.8 Å². The Balaban J connectivity index is 2.29. The van der Waals surface area contributed by atoms with Crippen molar-refractivity contribution in [3.8, 4) is 11.6 Å². The number of nitrogen functional groups attached to an aromatic ring is 1. The fraction of sp³-hybridized carbons (Fsp3) is 0.167. The van der Waals surface area contributed by atoms with E-state index in [1.54, 1.807) is 0 Å². The molecule has 1 aromatic carbocycles. The number of ether oxygens (including phenoxy) is 1. The Hall–Kier alpha value is -2.44. The summed E-state index contributed by atoms with van der Waals surface area (Å²) in [4.78, 5) is 7.71. The zero-order chi connectivity index (χ0) is 13.8. The number of benzene rings is 1. The summed E-state index contributed by atoms with van der Waals surface area (Å²) in [6.45, 7) is 2.51. The maximum Gasteiger partial charge on any atom is 0.226 e. The predicted octanol–water partition coefficient (Wildman–Crippen LogP) is 2.56. The van der Waals surface area contributed by atoms with Crippen molar-refractivity contribution in [1.82, 2.24) is 9.97 Å². The minimum atomic E-state index is -0.691. The molecule has 0 saturated carbocycles. The Bertz CT molecular complexity index is 592. The van der Waals surface area contributed by atoms with Crippen molar-refractivity contribution in [2.45, 2.75) is 6.92 Å². The highest BCUT2D eigenvalue weighted by Crippen LogP contribution is 2.25. The molecule has 7 heteroatoms. The molecule has 0 fully saturated rings. The molecule has 1 aromatic heterocycles. The number of hydrogen-bond donors (Lipinski definition) is 2. The second-order valence-electron chi connectivity index (χ2n) is 3.66. The minimum absolute atomic E-state index is 0.0229. The van der Waals surface area contributed by atoms with E-state index in [0.29, 0.717) is 12.4 Å². The summed E-state index contributed by atoms with van der Waals surface area (Å²) < 4.78 is 31.6. The molecule has 0 bridgehead atoms. The summed E-state index contributed by atoms with van der Waals surface area (Å²) in [6.07, 6.45) is 0. The topological polar surface area (TPSA) is 73.1 Å². The Labute approximate surface area is 108 Å². The van der Waals surface area contributed by atoms with Crippen molar-refractivity contribution in [2.75, 3.05) is 17.6 Å². The Morgan fingerprint density at radius 2 is 2.05 bits per heavy atom. The minimum Gasteiger partial charge on any atom is -0.436 e. The molecule has 0 radical (unpaired) electrons. The highest BCUT2D eigenvalue weighted by atomic mass is 19.1. The average Bonchev–Trinajstić information content (AvgIpc) is 2.33. The molecule has 0 spiro atoms. The fourth-order valence-electron chi connectivity index (χ4n) is 1.43. The van der Waals surface area contributed by atoms with E-state index in [4.69, 9.17) is 10.5 Å². The van der Waals surface area contributed by atoms with Crippen LogP contribution in [0.2, 0.25) is 0 Å². The molecule has 2 rings (SSSR count). The van der Waals surface area contributed by atoms with Gasteiger partial charge in [-0.2, -0.15) is 9.97 Å². The van der Waals surface area contributed by atoms with Gasteiger partial charge in [-0.1, -0.05) is 0 Å². The average molecular weight is 266 g/mol. The van der Waals surface area contributed by atoms with E-state index in [1.807, 2.05) is 6.92 Å². The van der Waals surface area contributed by atoms with Gasteiger partial charge < -0.3 is 15.8 Å². The Morgan fingerprint density at radius 1 is 1.26 bits per heavy atom. The van der Waals surface area contributed by atoms with E-state index < -0.39 is 11.6 Å². The lowest BCUT2D eigenvalue weighted by Gasteiger charge is -2.08. The van der Waals surface area contributed by atoms with Gasteiger partial charge in [0.2, 0.25) is 11.8 Å². The number of nitrogens with one attached hydrogen (secondary N) is 1. The van der Waals surface area contributed by atoms with Crippen LogP contribution in [0.25, 0.3) is 0 Å². The van der Waals surface area contributed by atoms with Crippen LogP contribution in [0.1, 0.15) is 6.92 Å². The standard InChI is InChI=1S/C12H12F2N4O/c1-2-16-10-6-11(18-12(15)17-10)19-9-5-7(13)3-4-8(9)14/h3-6H,2H2,1H3,(H3,15,16,17,18). The molecule has 0 atom stereocenters. The second-order valence-corrected chi connectivity index (χ2v) is 3.66. The van der Waals surface area contributed by atoms with E-state index in [0.717, 1.165) is 18.2 Å². The fourth-order valence-corrected chi connectivity index (χ4v) is 1.43. The third-order valence-corrected chi connectivity index (χ3v) is 2.19. The van der Waals surface area contributed by atoms with E-state index in [-0.39, 0.29) is 17.6 Å². The van der Waals surface area contributed by atoms with Crippen LogP contribution in [-0.2, 0) is 0 Å². The van der Waals surface area contributed by atoms with Crippen LogP contribution in [0.3, 0.4) is 0 Å². The number of hydrogen-bond acceptors (Lipinski definition) is 5. The summed E-state index contributed by atoms with van der Waals surface area (Å²) in [5.74, 6) is -1.10. The molecule has 3 N–H and O–H groups in total. The van der Waals surface area contributed by atoms with E-state index >= 15 is 0 Å². The molecule has 5 nitrogen and oxygen atoms in total. The van der Waals surface area contributed by atoms with Crippen molar-refractivity contribution in [3.63, 3.8) is 0 Å². The molecule has 0 unspecified atom stereocenters. The zero-order valence-corrected chi connectivity index (χ0v) is 10.2. The summed E-state index contributed by atoms with van der Waals surface area (Å²) in [5.41, 5.74) is 5.50. The maximum atomic E-state index is 13.4. The molecule has 100 valence electrons. The second kappa shape index (κ2) is 5.47. The number of anilines is 2. The first kappa shape index (κ1) is 13.0. The molecule has 0 aliphatic carbocycles. The Kier molecular flexibility index (Phi) is 3.74. The summed E-state index contributed by atoms with van der Waals surface area (Å²) in [5, 5.41) is 2.92. The van der Waals surface area contributed by atoms with Crippen molar-refractivity contribution < 1.29 is 13.5 Å². The molecule has 2 aromatic rings. The van der Waals surface area contributed by atoms with Gasteiger partial charge >= 0.3 is 0 Å². The van der Waals surface area contributed by atoms with Gasteiger partial charge in [0.05, 0.1) is 0 Å². The number of nitrogens with zero attached hydrogens (tertiary/aromatic N) is 2. The monoisotopic (exact) mass is 266 g/mol. The van der Waals surface area contributed by atoms with Gasteiger partial charge in [-0.15, -0.1) is 0 Å². The highest BCUT2D eigenvalue weighted by Gasteiger charge is 2.09. The largest absolute Gasteiger partial charge is 0.436 e. The number of halogens is 2. The van der Waals surface area contributed by atoms with E-state index in [9.17, 15) is 8.78 Å². The normalized spacial score (nSPS) is 10.3. The molecule has 0 aliphatic rings. The van der Waals surface area contributed by atoms with Gasteiger partial charge in [-0.25, -0.2) is 8.78 Å².